The third-order valence-corrected chi connectivity index (χ3v) is 4.19. The van der Waals surface area contributed by atoms with E-state index in [1.54, 1.807) is 0 Å². The number of rotatable bonds is 5. The fraction of sp³-hybridized carbons (Fsp3) is 0.929. The van der Waals surface area contributed by atoms with Crippen LogP contribution in [0.3, 0.4) is 0 Å². The van der Waals surface area contributed by atoms with E-state index in [4.69, 9.17) is 0 Å². The van der Waals surface area contributed by atoms with Crippen LogP contribution >= 0.6 is 0 Å². The molecule has 1 heterocycles. The molecule has 3 nitrogen and oxygen atoms in total. The van der Waals surface area contributed by atoms with Gasteiger partial charge in [-0.1, -0.05) is 13.8 Å². The van der Waals surface area contributed by atoms with Gasteiger partial charge in [-0.15, -0.1) is 0 Å². The lowest BCUT2D eigenvalue weighted by Crippen LogP contribution is -2.47. The van der Waals surface area contributed by atoms with Crippen molar-refractivity contribution >= 4 is 5.91 Å². The van der Waals surface area contributed by atoms with Crippen LogP contribution in [0.2, 0.25) is 0 Å². The summed E-state index contributed by atoms with van der Waals surface area (Å²) in [5, 5.41) is 3.72. The first-order valence-electron chi connectivity index (χ1n) is 7.29. The van der Waals surface area contributed by atoms with E-state index in [0.717, 1.165) is 38.8 Å². The Hall–Kier alpha value is -0.570. The van der Waals surface area contributed by atoms with Gasteiger partial charge in [0.25, 0.3) is 0 Å². The van der Waals surface area contributed by atoms with E-state index in [-0.39, 0.29) is 0 Å². The highest BCUT2D eigenvalue weighted by molar-refractivity contribution is 5.81. The normalized spacial score (nSPS) is 22.2. The van der Waals surface area contributed by atoms with Crippen molar-refractivity contribution in [3.63, 3.8) is 0 Å². The van der Waals surface area contributed by atoms with Crippen LogP contribution in [0.4, 0.5) is 0 Å². The molecule has 1 N–H and O–H groups in total. The van der Waals surface area contributed by atoms with E-state index in [1.165, 1.54) is 12.8 Å². The van der Waals surface area contributed by atoms with Crippen molar-refractivity contribution in [2.24, 2.45) is 5.92 Å². The molecule has 0 bridgehead atoms. The van der Waals surface area contributed by atoms with Crippen molar-refractivity contribution in [2.45, 2.75) is 64.5 Å². The molecular formula is C14H26N2O. The predicted molar refractivity (Wildman–Crippen MR) is 69.8 cm³/mol. The smallest absolute Gasteiger partial charge is 0.225 e. The second-order valence-corrected chi connectivity index (χ2v) is 5.55. The van der Waals surface area contributed by atoms with Crippen LogP contribution in [-0.4, -0.2) is 36.0 Å². The quantitative estimate of drug-likeness (QED) is 0.796. The van der Waals surface area contributed by atoms with E-state index in [1.807, 2.05) is 0 Å². The minimum atomic E-state index is 0.388. The Morgan fingerprint density at radius 1 is 1.18 bits per heavy atom. The van der Waals surface area contributed by atoms with Crippen LogP contribution in [0.1, 0.15) is 52.4 Å². The number of likely N-dealkylation sites (tertiary alicyclic amines) is 1. The van der Waals surface area contributed by atoms with E-state index in [2.05, 4.69) is 24.1 Å². The van der Waals surface area contributed by atoms with Gasteiger partial charge in [0, 0.05) is 31.1 Å². The number of nitrogens with zero attached hydrogens (tertiary/aromatic N) is 1. The van der Waals surface area contributed by atoms with Gasteiger partial charge in [-0.3, -0.25) is 4.79 Å². The van der Waals surface area contributed by atoms with Crippen LogP contribution in [0.5, 0.6) is 0 Å². The van der Waals surface area contributed by atoms with Crippen molar-refractivity contribution in [1.29, 1.82) is 0 Å². The molecule has 1 amide bonds. The molecule has 2 aliphatic rings. The summed E-state index contributed by atoms with van der Waals surface area (Å²) < 4.78 is 0. The molecule has 0 aromatic carbocycles. The summed E-state index contributed by atoms with van der Waals surface area (Å²) in [4.78, 5) is 14.0. The number of amides is 1. The summed E-state index contributed by atoms with van der Waals surface area (Å²) in [5.41, 5.74) is 0. The molecule has 0 aromatic rings. The molecule has 0 spiro atoms. The molecule has 0 unspecified atom stereocenters. The predicted octanol–water partition coefficient (Wildman–Crippen LogP) is 2.17. The van der Waals surface area contributed by atoms with Crippen molar-refractivity contribution in [3.05, 3.63) is 0 Å². The fourth-order valence-electron chi connectivity index (χ4n) is 2.71. The largest absolute Gasteiger partial charge is 0.342 e. The van der Waals surface area contributed by atoms with E-state index >= 15 is 0 Å². The Morgan fingerprint density at radius 3 is 2.24 bits per heavy atom. The van der Waals surface area contributed by atoms with Crippen LogP contribution in [0.25, 0.3) is 0 Å². The fourth-order valence-corrected chi connectivity index (χ4v) is 2.71. The Morgan fingerprint density at radius 2 is 1.76 bits per heavy atom. The third-order valence-electron chi connectivity index (χ3n) is 4.19. The average molecular weight is 238 g/mol. The first-order chi connectivity index (χ1) is 8.24. The molecular weight excluding hydrogens is 212 g/mol. The maximum Gasteiger partial charge on any atom is 0.225 e. The summed E-state index contributed by atoms with van der Waals surface area (Å²) in [6.45, 7) is 6.42. The maximum absolute atomic E-state index is 11.9. The highest BCUT2D eigenvalue weighted by atomic mass is 16.2. The SMILES string of the molecule is CCC(CC)NC1CCN(C(=O)C2CC2)CC1. The number of piperidine rings is 1. The zero-order valence-electron chi connectivity index (χ0n) is 11.2. The van der Waals surface area contributed by atoms with Crippen LogP contribution in [-0.2, 0) is 4.79 Å². The summed E-state index contributed by atoms with van der Waals surface area (Å²) >= 11 is 0. The first-order valence-corrected chi connectivity index (χ1v) is 7.29. The number of hydrogen-bond donors (Lipinski definition) is 1. The maximum atomic E-state index is 11.9. The van der Waals surface area contributed by atoms with Gasteiger partial charge in [0.15, 0.2) is 0 Å². The van der Waals surface area contributed by atoms with Crippen molar-refractivity contribution in [2.75, 3.05) is 13.1 Å². The molecule has 1 saturated heterocycles. The monoisotopic (exact) mass is 238 g/mol. The number of nitrogens with one attached hydrogen (secondary N) is 1. The first kappa shape index (κ1) is 12.9. The number of carbonyl (C=O) groups excluding carboxylic acids is 1. The minimum Gasteiger partial charge on any atom is -0.342 e. The zero-order valence-corrected chi connectivity index (χ0v) is 11.2. The van der Waals surface area contributed by atoms with Crippen LogP contribution in [0, 0.1) is 5.92 Å². The van der Waals surface area contributed by atoms with Gasteiger partial charge in [-0.2, -0.15) is 0 Å². The molecule has 1 aliphatic carbocycles. The van der Waals surface area contributed by atoms with Gasteiger partial charge >= 0.3 is 0 Å². The number of hydrogen-bond acceptors (Lipinski definition) is 2. The standard InChI is InChI=1S/C14H26N2O/c1-3-12(4-2)15-13-7-9-16(10-8-13)14(17)11-5-6-11/h11-13,15H,3-10H2,1-2H3. The third kappa shape index (κ3) is 3.44. The molecule has 1 saturated carbocycles. The molecule has 0 aromatic heterocycles. The summed E-state index contributed by atoms with van der Waals surface area (Å²) in [6.07, 6.45) is 6.94. The molecule has 3 heteroatoms. The molecule has 1 aliphatic heterocycles. The summed E-state index contributed by atoms with van der Waals surface area (Å²) in [6, 6.07) is 1.29. The van der Waals surface area contributed by atoms with Gasteiger partial charge < -0.3 is 10.2 Å². The van der Waals surface area contributed by atoms with Crippen molar-refractivity contribution in [3.8, 4) is 0 Å². The van der Waals surface area contributed by atoms with Crippen molar-refractivity contribution in [1.82, 2.24) is 10.2 Å². The molecule has 17 heavy (non-hydrogen) atoms. The van der Waals surface area contributed by atoms with Gasteiger partial charge in [-0.05, 0) is 38.5 Å². The molecule has 0 atom stereocenters. The molecule has 98 valence electrons. The van der Waals surface area contributed by atoms with Gasteiger partial charge in [0.1, 0.15) is 0 Å². The molecule has 2 fully saturated rings. The lowest BCUT2D eigenvalue weighted by atomic mass is 10.0. The van der Waals surface area contributed by atoms with Crippen molar-refractivity contribution < 1.29 is 4.79 Å². The summed E-state index contributed by atoms with van der Waals surface area (Å²) in [7, 11) is 0. The lowest BCUT2D eigenvalue weighted by Gasteiger charge is -2.34. The Balaban J connectivity index is 1.71. The van der Waals surface area contributed by atoms with Gasteiger partial charge in [0.2, 0.25) is 5.91 Å². The van der Waals surface area contributed by atoms with E-state index in [9.17, 15) is 4.79 Å². The van der Waals surface area contributed by atoms with Gasteiger partial charge in [-0.25, -0.2) is 0 Å². The van der Waals surface area contributed by atoms with Crippen LogP contribution in [0.15, 0.2) is 0 Å². The molecule has 2 rings (SSSR count). The Kier molecular flexibility index (Phi) is 4.43. The Labute approximate surface area is 105 Å². The lowest BCUT2D eigenvalue weighted by molar-refractivity contribution is -0.133. The number of carbonyl (C=O) groups is 1. The summed E-state index contributed by atoms with van der Waals surface area (Å²) in [5.74, 6) is 0.810. The van der Waals surface area contributed by atoms with Crippen LogP contribution < -0.4 is 5.32 Å². The van der Waals surface area contributed by atoms with E-state index in [0.29, 0.717) is 23.9 Å². The highest BCUT2D eigenvalue weighted by Gasteiger charge is 2.34. The highest BCUT2D eigenvalue weighted by Crippen LogP contribution is 2.31. The second kappa shape index (κ2) is 5.85. The Bertz CT molecular complexity index is 251. The molecule has 0 radical (unpaired) electrons. The average Bonchev–Trinajstić information content (AvgIpc) is 3.20. The van der Waals surface area contributed by atoms with Gasteiger partial charge in [0.05, 0.1) is 0 Å². The van der Waals surface area contributed by atoms with E-state index < -0.39 is 0 Å². The topological polar surface area (TPSA) is 32.3 Å². The minimum absolute atomic E-state index is 0.388. The zero-order chi connectivity index (χ0) is 12.3. The second-order valence-electron chi connectivity index (χ2n) is 5.55.